The zero-order valence-corrected chi connectivity index (χ0v) is 10.7. The molecule has 0 radical (unpaired) electrons. The van der Waals surface area contributed by atoms with E-state index < -0.39 is 0 Å². The summed E-state index contributed by atoms with van der Waals surface area (Å²) in [5, 5.41) is 8.75. The number of aromatic nitrogens is 3. The molecule has 0 fully saturated rings. The zero-order valence-electron chi connectivity index (χ0n) is 9.95. The van der Waals surface area contributed by atoms with Gasteiger partial charge in [0.15, 0.2) is 11.5 Å². The lowest BCUT2D eigenvalue weighted by Gasteiger charge is -2.05. The summed E-state index contributed by atoms with van der Waals surface area (Å²) in [5.74, 6) is 1.37. The molecule has 2 N–H and O–H groups in total. The van der Waals surface area contributed by atoms with Gasteiger partial charge in [-0.1, -0.05) is 17.7 Å². The van der Waals surface area contributed by atoms with E-state index >= 15 is 0 Å². The normalized spacial score (nSPS) is 10.8. The molecule has 0 saturated heterocycles. The van der Waals surface area contributed by atoms with Gasteiger partial charge in [0.05, 0.1) is 0 Å². The van der Waals surface area contributed by atoms with E-state index in [4.69, 9.17) is 22.1 Å². The molecule has 0 aliphatic heterocycles. The molecule has 2 heterocycles. The number of hydrogen-bond acceptors (Lipinski definition) is 4. The SMILES string of the molecule is Nc1ccc2nnc(COc3cccc(Cl)c3)n2c1. The largest absolute Gasteiger partial charge is 0.486 e. The van der Waals surface area contributed by atoms with Crippen molar-refractivity contribution in [3.63, 3.8) is 0 Å². The molecule has 3 rings (SSSR count). The molecule has 96 valence electrons. The topological polar surface area (TPSA) is 65.4 Å². The van der Waals surface area contributed by atoms with Crippen LogP contribution in [0.2, 0.25) is 5.02 Å². The minimum atomic E-state index is 0.297. The Bertz CT molecular complexity index is 725. The molecule has 0 aliphatic carbocycles. The number of benzene rings is 1. The molecule has 0 spiro atoms. The molecule has 1 aromatic carbocycles. The van der Waals surface area contributed by atoms with E-state index in [9.17, 15) is 0 Å². The number of nitrogens with zero attached hydrogens (tertiary/aromatic N) is 3. The number of fused-ring (bicyclic) bond motifs is 1. The second-order valence-corrected chi connectivity index (χ2v) is 4.49. The third-order valence-corrected chi connectivity index (χ3v) is 2.89. The Morgan fingerprint density at radius 2 is 2.11 bits per heavy atom. The second kappa shape index (κ2) is 4.78. The smallest absolute Gasteiger partial charge is 0.175 e. The molecule has 6 heteroatoms. The van der Waals surface area contributed by atoms with Crippen molar-refractivity contribution in [1.82, 2.24) is 14.6 Å². The van der Waals surface area contributed by atoms with Gasteiger partial charge in [-0.15, -0.1) is 10.2 Å². The highest BCUT2D eigenvalue weighted by molar-refractivity contribution is 6.30. The van der Waals surface area contributed by atoms with Crippen LogP contribution in [0.5, 0.6) is 5.75 Å². The van der Waals surface area contributed by atoms with Crippen molar-refractivity contribution in [2.75, 3.05) is 5.73 Å². The monoisotopic (exact) mass is 274 g/mol. The van der Waals surface area contributed by atoms with Crippen molar-refractivity contribution in [2.24, 2.45) is 0 Å². The molecule has 0 saturated carbocycles. The lowest BCUT2D eigenvalue weighted by Crippen LogP contribution is -2.02. The van der Waals surface area contributed by atoms with Crippen molar-refractivity contribution in [3.8, 4) is 5.75 Å². The van der Waals surface area contributed by atoms with E-state index in [1.807, 2.05) is 18.2 Å². The fraction of sp³-hybridized carbons (Fsp3) is 0.0769. The van der Waals surface area contributed by atoms with Crippen LogP contribution in [0.4, 0.5) is 5.69 Å². The van der Waals surface area contributed by atoms with E-state index in [0.717, 1.165) is 5.65 Å². The van der Waals surface area contributed by atoms with Gasteiger partial charge in [0.25, 0.3) is 0 Å². The summed E-state index contributed by atoms with van der Waals surface area (Å²) in [6, 6.07) is 10.8. The predicted molar refractivity (Wildman–Crippen MR) is 73.2 cm³/mol. The van der Waals surface area contributed by atoms with Crippen molar-refractivity contribution in [3.05, 3.63) is 53.4 Å². The molecular formula is C13H11ClN4O. The Kier molecular flexibility index (Phi) is 2.97. The average Bonchev–Trinajstić information content (AvgIpc) is 2.79. The molecule has 0 amide bonds. The van der Waals surface area contributed by atoms with Crippen LogP contribution < -0.4 is 10.5 Å². The lowest BCUT2D eigenvalue weighted by molar-refractivity contribution is 0.294. The molecule has 0 unspecified atom stereocenters. The van der Waals surface area contributed by atoms with Crippen molar-refractivity contribution >= 4 is 22.9 Å². The first-order valence-electron chi connectivity index (χ1n) is 5.70. The average molecular weight is 275 g/mol. The molecule has 2 aromatic heterocycles. The van der Waals surface area contributed by atoms with Crippen LogP contribution in [0.15, 0.2) is 42.6 Å². The third-order valence-electron chi connectivity index (χ3n) is 2.66. The Morgan fingerprint density at radius 1 is 1.21 bits per heavy atom. The molecule has 0 bridgehead atoms. The highest BCUT2D eigenvalue weighted by atomic mass is 35.5. The number of nitrogens with two attached hydrogens (primary N) is 1. The standard InChI is InChI=1S/C13H11ClN4O/c14-9-2-1-3-11(6-9)19-8-13-17-16-12-5-4-10(15)7-18(12)13/h1-7H,8,15H2. The number of nitrogen functional groups attached to an aromatic ring is 1. The van der Waals surface area contributed by atoms with Gasteiger partial charge in [0.1, 0.15) is 12.4 Å². The van der Waals surface area contributed by atoms with Crippen LogP contribution in [0.1, 0.15) is 5.82 Å². The van der Waals surface area contributed by atoms with Gasteiger partial charge < -0.3 is 10.5 Å². The van der Waals surface area contributed by atoms with E-state index in [1.54, 1.807) is 28.8 Å². The summed E-state index contributed by atoms with van der Waals surface area (Å²) in [6.45, 7) is 0.297. The fourth-order valence-corrected chi connectivity index (χ4v) is 1.94. The minimum Gasteiger partial charge on any atom is -0.486 e. The summed E-state index contributed by atoms with van der Waals surface area (Å²) in [6.07, 6.45) is 1.77. The quantitative estimate of drug-likeness (QED) is 0.797. The first kappa shape index (κ1) is 11.8. The number of hydrogen-bond donors (Lipinski definition) is 1. The van der Waals surface area contributed by atoms with Crippen LogP contribution in [0.25, 0.3) is 5.65 Å². The van der Waals surface area contributed by atoms with Crippen molar-refractivity contribution in [1.29, 1.82) is 0 Å². The summed E-state index contributed by atoms with van der Waals surface area (Å²) >= 11 is 5.89. The Morgan fingerprint density at radius 3 is 2.95 bits per heavy atom. The van der Waals surface area contributed by atoms with Gasteiger partial charge in [0, 0.05) is 16.9 Å². The highest BCUT2D eigenvalue weighted by Gasteiger charge is 2.06. The number of pyridine rings is 1. The summed E-state index contributed by atoms with van der Waals surface area (Å²) < 4.78 is 7.44. The van der Waals surface area contributed by atoms with Crippen molar-refractivity contribution in [2.45, 2.75) is 6.61 Å². The van der Waals surface area contributed by atoms with E-state index in [0.29, 0.717) is 28.9 Å². The fourth-order valence-electron chi connectivity index (χ4n) is 1.76. The maximum Gasteiger partial charge on any atom is 0.175 e. The molecule has 3 aromatic rings. The van der Waals surface area contributed by atoms with Gasteiger partial charge in [-0.3, -0.25) is 4.40 Å². The second-order valence-electron chi connectivity index (χ2n) is 4.05. The van der Waals surface area contributed by atoms with Crippen LogP contribution in [-0.2, 0) is 6.61 Å². The van der Waals surface area contributed by atoms with Gasteiger partial charge in [-0.25, -0.2) is 0 Å². The molecule has 5 nitrogen and oxygen atoms in total. The minimum absolute atomic E-state index is 0.297. The first-order chi connectivity index (χ1) is 9.22. The Hall–Kier alpha value is -2.27. The summed E-state index contributed by atoms with van der Waals surface area (Å²) in [4.78, 5) is 0. The molecule has 19 heavy (non-hydrogen) atoms. The van der Waals surface area contributed by atoms with E-state index in [1.165, 1.54) is 0 Å². The lowest BCUT2D eigenvalue weighted by atomic mass is 10.3. The van der Waals surface area contributed by atoms with E-state index in [2.05, 4.69) is 10.2 Å². The predicted octanol–water partition coefficient (Wildman–Crippen LogP) is 2.54. The molecule has 0 aliphatic rings. The van der Waals surface area contributed by atoms with Gasteiger partial charge in [0.2, 0.25) is 0 Å². The van der Waals surface area contributed by atoms with Gasteiger partial charge >= 0.3 is 0 Å². The highest BCUT2D eigenvalue weighted by Crippen LogP contribution is 2.18. The van der Waals surface area contributed by atoms with Crippen LogP contribution in [0.3, 0.4) is 0 Å². The van der Waals surface area contributed by atoms with Crippen LogP contribution in [-0.4, -0.2) is 14.6 Å². The zero-order chi connectivity index (χ0) is 13.2. The Labute approximate surface area is 114 Å². The number of halogens is 1. The van der Waals surface area contributed by atoms with Crippen LogP contribution in [0, 0.1) is 0 Å². The Balaban J connectivity index is 1.84. The number of ether oxygens (including phenoxy) is 1. The maximum atomic E-state index is 5.89. The number of rotatable bonds is 3. The maximum absolute atomic E-state index is 5.89. The summed E-state index contributed by atoms with van der Waals surface area (Å²) in [5.41, 5.74) is 7.13. The third kappa shape index (κ3) is 2.46. The van der Waals surface area contributed by atoms with E-state index in [-0.39, 0.29) is 0 Å². The molecule has 0 atom stereocenters. The summed E-state index contributed by atoms with van der Waals surface area (Å²) in [7, 11) is 0. The van der Waals surface area contributed by atoms with Gasteiger partial charge in [-0.2, -0.15) is 0 Å². The first-order valence-corrected chi connectivity index (χ1v) is 6.08. The van der Waals surface area contributed by atoms with Crippen LogP contribution >= 0.6 is 11.6 Å². The van der Waals surface area contributed by atoms with Gasteiger partial charge in [-0.05, 0) is 30.3 Å². The number of anilines is 1. The molecular weight excluding hydrogens is 264 g/mol. The van der Waals surface area contributed by atoms with Crippen molar-refractivity contribution < 1.29 is 4.74 Å².